The van der Waals surface area contributed by atoms with Gasteiger partial charge in [-0.2, -0.15) is 0 Å². The van der Waals surface area contributed by atoms with E-state index in [1.807, 2.05) is 24.3 Å². The van der Waals surface area contributed by atoms with Crippen molar-refractivity contribution in [3.8, 4) is 6.07 Å². The molecule has 0 amide bonds. The van der Waals surface area contributed by atoms with Gasteiger partial charge in [-0.1, -0.05) is 5.84 Å². The highest BCUT2D eigenvalue weighted by atomic mass is 16.5. The first-order valence-corrected chi connectivity index (χ1v) is 4.34. The molecule has 1 aromatic rings. The van der Waals surface area contributed by atoms with Crippen LogP contribution in [0.5, 0.6) is 0 Å². The highest BCUT2D eigenvalue weighted by molar-refractivity contribution is 5.94. The Labute approximate surface area is 81.8 Å². The molecule has 0 aromatic heterocycles. The lowest BCUT2D eigenvalue weighted by Gasteiger charge is -1.99. The summed E-state index contributed by atoms with van der Waals surface area (Å²) in [6.45, 7) is 1.42. The third-order valence-corrected chi connectivity index (χ3v) is 1.91. The molecule has 0 fully saturated rings. The van der Waals surface area contributed by atoms with Gasteiger partial charge in [0.1, 0.15) is 12.2 Å². The molecule has 0 atom stereocenters. The van der Waals surface area contributed by atoms with E-state index in [9.17, 15) is 0 Å². The Morgan fingerprint density at radius 2 is 2.14 bits per heavy atom. The van der Waals surface area contributed by atoms with Crippen LogP contribution in [-0.2, 0) is 4.74 Å². The topological polar surface area (TPSA) is 52.0 Å². The van der Waals surface area contributed by atoms with Gasteiger partial charge in [-0.05, 0) is 24.3 Å². The first-order valence-electron chi connectivity index (χ1n) is 4.34. The normalized spacial score (nSPS) is 13.9. The summed E-state index contributed by atoms with van der Waals surface area (Å²) in [5, 5.41) is 0. The number of rotatable bonds is 1. The third kappa shape index (κ3) is 1.67. The predicted octanol–water partition coefficient (Wildman–Crippen LogP) is 1.02. The fourth-order valence-corrected chi connectivity index (χ4v) is 1.27. The highest BCUT2D eigenvalue weighted by Gasteiger charge is 2.09. The van der Waals surface area contributed by atoms with E-state index >= 15 is 0 Å². The van der Waals surface area contributed by atoms with Crippen LogP contribution in [0, 0.1) is 6.07 Å². The smallest absolute Gasteiger partial charge is 0.356 e. The van der Waals surface area contributed by atoms with E-state index in [-0.39, 0.29) is 0 Å². The van der Waals surface area contributed by atoms with Crippen LogP contribution >= 0.6 is 0 Å². The zero-order chi connectivity index (χ0) is 9.80. The van der Waals surface area contributed by atoms with Gasteiger partial charge >= 0.3 is 6.07 Å². The molecular weight excluding hydrogens is 178 g/mol. The molecule has 4 nitrogen and oxygen atoms in total. The molecule has 0 aliphatic carbocycles. The standard InChI is InChI=1S/C10H10N3O/c11-13-7-8-1-3-9(4-2-8)10-12-5-6-14-10/h1-4H,5-6,11H2/q+1. The molecule has 0 unspecified atom stereocenters. The first-order chi connectivity index (χ1) is 6.90. The molecule has 14 heavy (non-hydrogen) atoms. The first kappa shape index (κ1) is 8.57. The molecule has 1 aromatic carbocycles. The van der Waals surface area contributed by atoms with E-state index < -0.39 is 0 Å². The van der Waals surface area contributed by atoms with Crippen molar-refractivity contribution in [3.05, 3.63) is 40.3 Å². The number of benzene rings is 1. The van der Waals surface area contributed by atoms with Gasteiger partial charge in [-0.15, -0.1) is 0 Å². The van der Waals surface area contributed by atoms with Gasteiger partial charge in [-0.3, -0.25) is 0 Å². The molecule has 0 radical (unpaired) electrons. The van der Waals surface area contributed by atoms with Crippen molar-refractivity contribution in [2.24, 2.45) is 10.8 Å². The second-order valence-electron chi connectivity index (χ2n) is 2.85. The largest absolute Gasteiger partial charge is 0.476 e. The molecule has 0 saturated heterocycles. The predicted molar refractivity (Wildman–Crippen MR) is 54.3 cm³/mol. The lowest BCUT2D eigenvalue weighted by atomic mass is 10.1. The van der Waals surface area contributed by atoms with E-state index in [0.29, 0.717) is 12.5 Å². The van der Waals surface area contributed by atoms with Gasteiger partial charge in [-0.25, -0.2) is 4.99 Å². The molecule has 70 valence electrons. The van der Waals surface area contributed by atoms with Crippen molar-refractivity contribution in [2.75, 3.05) is 13.2 Å². The highest BCUT2D eigenvalue weighted by Crippen LogP contribution is 2.08. The Hall–Kier alpha value is -2.02. The Bertz CT molecular complexity index is 411. The number of hydrogen-bond acceptors (Lipinski definition) is 3. The average molecular weight is 188 g/mol. The van der Waals surface area contributed by atoms with Gasteiger partial charge < -0.3 is 4.74 Å². The molecule has 0 spiro atoms. The summed E-state index contributed by atoms with van der Waals surface area (Å²) in [5.41, 5.74) is 1.82. The Balaban J connectivity index is 2.24. The fourth-order valence-electron chi connectivity index (χ4n) is 1.27. The monoisotopic (exact) mass is 188 g/mol. The van der Waals surface area contributed by atoms with Crippen molar-refractivity contribution in [1.82, 2.24) is 0 Å². The van der Waals surface area contributed by atoms with E-state index in [2.05, 4.69) is 16.0 Å². The lowest BCUT2D eigenvalue weighted by Crippen LogP contribution is -2.00. The minimum absolute atomic E-state index is 0.674. The molecule has 2 N–H and O–H groups in total. The molecule has 1 aliphatic heterocycles. The lowest BCUT2D eigenvalue weighted by molar-refractivity contribution is 0.348. The molecular formula is C10H10N3O+. The minimum Gasteiger partial charge on any atom is -0.476 e. The SMILES string of the molecule is N[N+]#Cc1ccc(C2=NCCO2)cc1. The summed E-state index contributed by atoms with van der Waals surface area (Å²) < 4.78 is 5.32. The van der Waals surface area contributed by atoms with Gasteiger partial charge in [0, 0.05) is 5.56 Å². The van der Waals surface area contributed by atoms with Gasteiger partial charge in [0.2, 0.25) is 5.90 Å². The van der Waals surface area contributed by atoms with Crippen molar-refractivity contribution in [3.63, 3.8) is 0 Å². The van der Waals surface area contributed by atoms with Crippen LogP contribution in [0.3, 0.4) is 0 Å². The Morgan fingerprint density at radius 3 is 2.71 bits per heavy atom. The maximum Gasteiger partial charge on any atom is 0.356 e. The summed E-state index contributed by atoms with van der Waals surface area (Å²) in [4.78, 5) is 7.53. The number of nitrogens with two attached hydrogens (primary N) is 1. The summed E-state index contributed by atoms with van der Waals surface area (Å²) in [5.74, 6) is 5.70. The van der Waals surface area contributed by atoms with Crippen LogP contribution in [0.2, 0.25) is 0 Å². The molecule has 2 rings (SSSR count). The van der Waals surface area contributed by atoms with Gasteiger partial charge in [0.25, 0.3) is 0 Å². The average Bonchev–Trinajstić information content (AvgIpc) is 2.72. The molecule has 1 aliphatic rings. The van der Waals surface area contributed by atoms with Gasteiger partial charge in [0.15, 0.2) is 0 Å². The van der Waals surface area contributed by atoms with Crippen LogP contribution in [0.15, 0.2) is 29.3 Å². The van der Waals surface area contributed by atoms with Crippen LogP contribution in [0.25, 0.3) is 4.95 Å². The fraction of sp³-hybridized carbons (Fsp3) is 0.200. The van der Waals surface area contributed by atoms with Crippen molar-refractivity contribution in [1.29, 1.82) is 0 Å². The zero-order valence-corrected chi connectivity index (χ0v) is 7.60. The maximum absolute atomic E-state index is 5.32. The molecule has 0 saturated carbocycles. The second kappa shape index (κ2) is 3.79. The van der Waals surface area contributed by atoms with E-state index in [1.54, 1.807) is 0 Å². The van der Waals surface area contributed by atoms with Crippen molar-refractivity contribution < 1.29 is 4.74 Å². The minimum atomic E-state index is 0.674. The van der Waals surface area contributed by atoms with E-state index in [4.69, 9.17) is 10.6 Å². The number of hydrogen-bond donors (Lipinski definition) is 1. The number of nitrogens with zero attached hydrogens (tertiary/aromatic N) is 2. The maximum atomic E-state index is 5.32. The Kier molecular flexibility index (Phi) is 2.32. The van der Waals surface area contributed by atoms with Crippen molar-refractivity contribution in [2.45, 2.75) is 0 Å². The summed E-state index contributed by atoms with van der Waals surface area (Å²) in [6, 6.07) is 10.2. The van der Waals surface area contributed by atoms with Crippen LogP contribution in [0.4, 0.5) is 0 Å². The molecule has 4 heteroatoms. The number of ether oxygens (including phenoxy) is 1. The quantitative estimate of drug-likeness (QED) is 0.528. The van der Waals surface area contributed by atoms with E-state index in [1.165, 1.54) is 0 Å². The van der Waals surface area contributed by atoms with Crippen LogP contribution in [-0.4, -0.2) is 19.0 Å². The van der Waals surface area contributed by atoms with Crippen LogP contribution in [0.1, 0.15) is 11.1 Å². The zero-order valence-electron chi connectivity index (χ0n) is 7.60. The second-order valence-corrected chi connectivity index (χ2v) is 2.85. The third-order valence-electron chi connectivity index (χ3n) is 1.91. The molecule has 1 heterocycles. The number of aliphatic imine (C=N–C) groups is 1. The van der Waals surface area contributed by atoms with Crippen molar-refractivity contribution >= 4 is 5.90 Å². The summed E-state index contributed by atoms with van der Waals surface area (Å²) >= 11 is 0. The summed E-state index contributed by atoms with van der Waals surface area (Å²) in [7, 11) is 0. The van der Waals surface area contributed by atoms with Crippen LogP contribution < -0.4 is 5.84 Å². The summed E-state index contributed by atoms with van der Waals surface area (Å²) in [6.07, 6.45) is 0. The van der Waals surface area contributed by atoms with E-state index in [0.717, 1.165) is 17.7 Å². The van der Waals surface area contributed by atoms with Gasteiger partial charge in [0.05, 0.1) is 11.5 Å². The molecule has 0 bridgehead atoms. The Morgan fingerprint density at radius 1 is 1.36 bits per heavy atom.